The van der Waals surface area contributed by atoms with Gasteiger partial charge in [-0.05, 0) is 55.9 Å². The number of rotatable bonds is 5. The minimum atomic E-state index is -0.214. The van der Waals surface area contributed by atoms with E-state index >= 15 is 0 Å². The summed E-state index contributed by atoms with van der Waals surface area (Å²) in [6, 6.07) is 5.09. The van der Waals surface area contributed by atoms with Crippen LogP contribution in [0.4, 0.5) is 9.18 Å². The number of carbonyl (C=O) groups is 1. The zero-order valence-corrected chi connectivity index (χ0v) is 15.1. The van der Waals surface area contributed by atoms with E-state index in [0.29, 0.717) is 25.6 Å². The zero-order valence-electron chi connectivity index (χ0n) is 15.1. The summed E-state index contributed by atoms with van der Waals surface area (Å²) >= 11 is 0. The molecule has 0 spiro atoms. The fourth-order valence-electron chi connectivity index (χ4n) is 3.72. The molecule has 3 rings (SSSR count). The predicted molar refractivity (Wildman–Crippen MR) is 97.4 cm³/mol. The SMILES string of the molecule is CCCCn1cc(C2CCN(C(=O)OCC)CC2)c2ccc(F)cc21. The second-order valence-corrected chi connectivity index (χ2v) is 6.75. The summed E-state index contributed by atoms with van der Waals surface area (Å²) in [5.74, 6) is 0.216. The summed E-state index contributed by atoms with van der Waals surface area (Å²) in [7, 11) is 0. The lowest BCUT2D eigenvalue weighted by atomic mass is 9.89. The minimum Gasteiger partial charge on any atom is -0.450 e. The lowest BCUT2D eigenvalue weighted by Crippen LogP contribution is -2.38. The highest BCUT2D eigenvalue weighted by Crippen LogP contribution is 2.35. The Morgan fingerprint density at radius 3 is 2.72 bits per heavy atom. The maximum atomic E-state index is 13.7. The van der Waals surface area contributed by atoms with Crippen LogP contribution in [0.5, 0.6) is 0 Å². The van der Waals surface area contributed by atoms with Crippen molar-refractivity contribution < 1.29 is 13.9 Å². The van der Waals surface area contributed by atoms with Crippen molar-refractivity contribution in [3.63, 3.8) is 0 Å². The molecule has 25 heavy (non-hydrogen) atoms. The molecule has 2 heterocycles. The van der Waals surface area contributed by atoms with E-state index in [0.717, 1.165) is 43.1 Å². The number of nitrogens with zero attached hydrogens (tertiary/aromatic N) is 2. The Hall–Kier alpha value is -2.04. The molecule has 4 nitrogen and oxygen atoms in total. The largest absolute Gasteiger partial charge is 0.450 e. The molecule has 0 N–H and O–H groups in total. The van der Waals surface area contributed by atoms with Crippen molar-refractivity contribution in [3.05, 3.63) is 35.8 Å². The van der Waals surface area contributed by atoms with Gasteiger partial charge in [-0.1, -0.05) is 13.3 Å². The number of unbranched alkanes of at least 4 members (excludes halogenated alkanes) is 1. The summed E-state index contributed by atoms with van der Waals surface area (Å²) in [5.41, 5.74) is 2.27. The fourth-order valence-corrected chi connectivity index (χ4v) is 3.72. The van der Waals surface area contributed by atoms with Crippen LogP contribution in [0, 0.1) is 5.82 Å². The van der Waals surface area contributed by atoms with E-state index in [2.05, 4.69) is 17.7 Å². The molecule has 1 amide bonds. The van der Waals surface area contributed by atoms with Crippen molar-refractivity contribution in [3.8, 4) is 0 Å². The first-order chi connectivity index (χ1) is 12.1. The summed E-state index contributed by atoms with van der Waals surface area (Å²) in [4.78, 5) is 13.7. The van der Waals surface area contributed by atoms with Crippen molar-refractivity contribution in [1.29, 1.82) is 0 Å². The molecule has 1 aliphatic heterocycles. The Bertz CT molecular complexity index is 733. The quantitative estimate of drug-likeness (QED) is 0.770. The normalized spacial score (nSPS) is 15.7. The van der Waals surface area contributed by atoms with Gasteiger partial charge in [0.1, 0.15) is 5.82 Å². The maximum absolute atomic E-state index is 13.7. The Balaban J connectivity index is 1.81. The highest BCUT2D eigenvalue weighted by Gasteiger charge is 2.26. The zero-order chi connectivity index (χ0) is 17.8. The number of piperidine rings is 1. The number of ether oxygens (including phenoxy) is 1. The topological polar surface area (TPSA) is 34.5 Å². The van der Waals surface area contributed by atoms with E-state index in [1.807, 2.05) is 13.0 Å². The second-order valence-electron chi connectivity index (χ2n) is 6.75. The second kappa shape index (κ2) is 7.89. The van der Waals surface area contributed by atoms with Crippen molar-refractivity contribution in [2.75, 3.05) is 19.7 Å². The van der Waals surface area contributed by atoms with Gasteiger partial charge in [0.25, 0.3) is 0 Å². The fraction of sp³-hybridized carbons (Fsp3) is 0.550. The molecule has 1 aromatic carbocycles. The lowest BCUT2D eigenvalue weighted by Gasteiger charge is -2.31. The third-order valence-electron chi connectivity index (χ3n) is 5.09. The number of likely N-dealkylation sites (tertiary alicyclic amines) is 1. The molecule has 0 radical (unpaired) electrons. The molecule has 1 saturated heterocycles. The molecule has 136 valence electrons. The van der Waals surface area contributed by atoms with Gasteiger partial charge in [0.05, 0.1) is 12.1 Å². The number of aryl methyl sites for hydroxylation is 1. The van der Waals surface area contributed by atoms with Crippen molar-refractivity contribution in [2.45, 2.75) is 52.0 Å². The van der Waals surface area contributed by atoms with Crippen molar-refractivity contribution in [1.82, 2.24) is 9.47 Å². The van der Waals surface area contributed by atoms with Gasteiger partial charge >= 0.3 is 6.09 Å². The monoisotopic (exact) mass is 346 g/mol. The van der Waals surface area contributed by atoms with E-state index in [1.165, 1.54) is 5.56 Å². The van der Waals surface area contributed by atoms with Gasteiger partial charge in [0, 0.05) is 31.2 Å². The number of carbonyl (C=O) groups excluding carboxylic acids is 1. The van der Waals surface area contributed by atoms with Gasteiger partial charge in [0.2, 0.25) is 0 Å². The molecule has 0 saturated carbocycles. The van der Waals surface area contributed by atoms with Crippen LogP contribution >= 0.6 is 0 Å². The van der Waals surface area contributed by atoms with E-state index in [9.17, 15) is 9.18 Å². The van der Waals surface area contributed by atoms with E-state index < -0.39 is 0 Å². The number of hydrogen-bond acceptors (Lipinski definition) is 2. The first-order valence-electron chi connectivity index (χ1n) is 9.34. The standard InChI is InChI=1S/C20H27FN2O2/c1-3-5-10-23-14-18(17-7-6-16(21)13-19(17)23)15-8-11-22(12-9-15)20(24)25-4-2/h6-7,13-15H,3-5,8-12H2,1-2H3. The molecule has 1 aromatic heterocycles. The number of amides is 1. The van der Waals surface area contributed by atoms with E-state index in [4.69, 9.17) is 4.74 Å². The Labute approximate surface area is 148 Å². The predicted octanol–water partition coefficient (Wildman–Crippen LogP) is 4.92. The average Bonchev–Trinajstić information content (AvgIpc) is 2.98. The Kier molecular flexibility index (Phi) is 5.61. The molecule has 1 fully saturated rings. The summed E-state index contributed by atoms with van der Waals surface area (Å²) < 4.78 is 21.0. The minimum absolute atomic E-state index is 0.188. The smallest absolute Gasteiger partial charge is 0.409 e. The van der Waals surface area contributed by atoms with Gasteiger partial charge in [-0.3, -0.25) is 0 Å². The molecule has 5 heteroatoms. The number of hydrogen-bond donors (Lipinski definition) is 0. The average molecular weight is 346 g/mol. The molecule has 0 unspecified atom stereocenters. The highest BCUT2D eigenvalue weighted by molar-refractivity contribution is 5.84. The van der Waals surface area contributed by atoms with Crippen LogP contribution in [0.25, 0.3) is 10.9 Å². The van der Waals surface area contributed by atoms with Gasteiger partial charge < -0.3 is 14.2 Å². The van der Waals surface area contributed by atoms with Crippen LogP contribution in [0.15, 0.2) is 24.4 Å². The van der Waals surface area contributed by atoms with Crippen molar-refractivity contribution >= 4 is 17.0 Å². The van der Waals surface area contributed by atoms with Crippen LogP contribution in [0.2, 0.25) is 0 Å². The van der Waals surface area contributed by atoms with Gasteiger partial charge in [-0.15, -0.1) is 0 Å². The van der Waals surface area contributed by atoms with Crippen LogP contribution < -0.4 is 0 Å². The molecule has 1 aliphatic rings. The molecule has 0 aliphatic carbocycles. The van der Waals surface area contributed by atoms with Gasteiger partial charge in [-0.25, -0.2) is 9.18 Å². The highest BCUT2D eigenvalue weighted by atomic mass is 19.1. The molecular formula is C20H27FN2O2. The number of aromatic nitrogens is 1. The van der Waals surface area contributed by atoms with Crippen LogP contribution in [-0.2, 0) is 11.3 Å². The van der Waals surface area contributed by atoms with Gasteiger partial charge in [-0.2, -0.15) is 0 Å². The molecular weight excluding hydrogens is 319 g/mol. The van der Waals surface area contributed by atoms with Gasteiger partial charge in [0.15, 0.2) is 0 Å². The van der Waals surface area contributed by atoms with Crippen molar-refractivity contribution in [2.24, 2.45) is 0 Å². The van der Waals surface area contributed by atoms with Crippen LogP contribution in [0.3, 0.4) is 0 Å². The first kappa shape index (κ1) is 17.8. The number of benzene rings is 1. The third kappa shape index (κ3) is 3.80. The van der Waals surface area contributed by atoms with Crippen LogP contribution in [0.1, 0.15) is 51.0 Å². The molecule has 0 atom stereocenters. The Morgan fingerprint density at radius 2 is 2.04 bits per heavy atom. The third-order valence-corrected chi connectivity index (χ3v) is 5.09. The number of halogens is 1. The lowest BCUT2D eigenvalue weighted by molar-refractivity contribution is 0.0971. The van der Waals surface area contributed by atoms with E-state index in [1.54, 1.807) is 17.0 Å². The van der Waals surface area contributed by atoms with Crippen LogP contribution in [-0.4, -0.2) is 35.3 Å². The Morgan fingerprint density at radius 1 is 1.28 bits per heavy atom. The number of fused-ring (bicyclic) bond motifs is 1. The molecule has 2 aromatic rings. The summed E-state index contributed by atoms with van der Waals surface area (Å²) in [6.07, 6.45) is 6.02. The summed E-state index contributed by atoms with van der Waals surface area (Å²) in [6.45, 7) is 6.75. The van der Waals surface area contributed by atoms with E-state index in [-0.39, 0.29) is 11.9 Å². The first-order valence-corrected chi connectivity index (χ1v) is 9.34. The summed E-state index contributed by atoms with van der Waals surface area (Å²) in [5, 5.41) is 1.15. The maximum Gasteiger partial charge on any atom is 0.409 e. The molecule has 0 bridgehead atoms.